The molecule has 0 bridgehead atoms. The number of alkyl halides is 1. The van der Waals surface area contributed by atoms with Gasteiger partial charge in [0.1, 0.15) is 0 Å². The molecule has 0 saturated carbocycles. The molecule has 1 unspecified atom stereocenters. The van der Waals surface area contributed by atoms with Gasteiger partial charge in [0.05, 0.1) is 5.69 Å². The van der Waals surface area contributed by atoms with Crippen molar-refractivity contribution in [1.82, 2.24) is 0 Å². The topological polar surface area (TPSA) is 20.3 Å². The molecule has 2 nitrogen and oxygen atoms in total. The van der Waals surface area contributed by atoms with Crippen LogP contribution in [0.25, 0.3) is 0 Å². The van der Waals surface area contributed by atoms with Gasteiger partial charge in [0.25, 0.3) is 0 Å². The first-order valence-corrected chi connectivity index (χ1v) is 7.34. The Bertz CT molecular complexity index is 426. The smallest absolute Gasteiger partial charge is 0.227 e. The van der Waals surface area contributed by atoms with Gasteiger partial charge in [0.2, 0.25) is 5.91 Å². The Morgan fingerprint density at radius 2 is 2.31 bits per heavy atom. The molecule has 1 atom stereocenters. The summed E-state index contributed by atoms with van der Waals surface area (Å²) in [6.45, 7) is 0.731. The van der Waals surface area contributed by atoms with E-state index in [0.29, 0.717) is 12.3 Å². The fraction of sp³-hybridized carbons (Fsp3) is 0.364. The van der Waals surface area contributed by atoms with Crippen molar-refractivity contribution in [2.45, 2.75) is 6.42 Å². The van der Waals surface area contributed by atoms with E-state index >= 15 is 0 Å². The first-order chi connectivity index (χ1) is 7.61. The molecule has 1 aliphatic heterocycles. The molecule has 0 aromatic heterocycles. The fourth-order valence-electron chi connectivity index (χ4n) is 1.81. The zero-order valence-electron chi connectivity index (χ0n) is 8.42. The minimum atomic E-state index is 0.168. The standard InChI is InChI=1S/C11H10BrClINO/c12-8-1-2-9(14)10(4-8)15-6-7(5-13)3-11(15)16/h1-2,4,7H,3,5-6H2. The minimum Gasteiger partial charge on any atom is -0.311 e. The summed E-state index contributed by atoms with van der Waals surface area (Å²) < 4.78 is 2.08. The van der Waals surface area contributed by atoms with E-state index in [9.17, 15) is 4.79 Å². The van der Waals surface area contributed by atoms with E-state index in [0.717, 1.165) is 20.3 Å². The number of amides is 1. The summed E-state index contributed by atoms with van der Waals surface area (Å²) >= 11 is 11.5. The fourth-order valence-corrected chi connectivity index (χ4v) is 2.99. The first kappa shape index (κ1) is 12.6. The molecule has 0 aliphatic carbocycles. The summed E-state index contributed by atoms with van der Waals surface area (Å²) in [5.74, 6) is 0.998. The Morgan fingerprint density at radius 3 is 2.94 bits per heavy atom. The van der Waals surface area contributed by atoms with Crippen LogP contribution < -0.4 is 4.90 Å². The third-order valence-corrected chi connectivity index (χ3v) is 4.46. The monoisotopic (exact) mass is 413 g/mol. The molecule has 16 heavy (non-hydrogen) atoms. The molecule has 5 heteroatoms. The number of anilines is 1. The molecule has 1 aromatic carbocycles. The Labute approximate surface area is 122 Å². The third-order valence-electron chi connectivity index (χ3n) is 2.62. The van der Waals surface area contributed by atoms with Crippen LogP contribution in [0.4, 0.5) is 5.69 Å². The van der Waals surface area contributed by atoms with Gasteiger partial charge >= 0.3 is 0 Å². The lowest BCUT2D eigenvalue weighted by atomic mass is 10.1. The number of carbonyl (C=O) groups is 1. The second-order valence-corrected chi connectivity index (χ2v) is 6.21. The lowest BCUT2D eigenvalue weighted by molar-refractivity contribution is -0.117. The lowest BCUT2D eigenvalue weighted by Gasteiger charge is -2.18. The second kappa shape index (κ2) is 5.23. The summed E-state index contributed by atoms with van der Waals surface area (Å²) in [5, 5.41) is 0. The maximum atomic E-state index is 11.9. The maximum absolute atomic E-state index is 11.9. The molecular weight excluding hydrogens is 404 g/mol. The van der Waals surface area contributed by atoms with Crippen LogP contribution in [0.1, 0.15) is 6.42 Å². The molecule has 0 radical (unpaired) electrons. The molecule has 1 heterocycles. The van der Waals surface area contributed by atoms with Crippen molar-refractivity contribution >= 4 is 61.7 Å². The second-order valence-electron chi connectivity index (χ2n) is 3.82. The van der Waals surface area contributed by atoms with E-state index in [4.69, 9.17) is 11.6 Å². The summed E-state index contributed by atoms with van der Waals surface area (Å²) in [6, 6.07) is 5.96. The molecule has 1 fully saturated rings. The van der Waals surface area contributed by atoms with Crippen molar-refractivity contribution < 1.29 is 4.79 Å². The molecule has 1 saturated heterocycles. The Hall–Kier alpha value is 0.190. The van der Waals surface area contributed by atoms with Crippen LogP contribution in [0.2, 0.25) is 0 Å². The van der Waals surface area contributed by atoms with Crippen molar-refractivity contribution in [3.8, 4) is 0 Å². The summed E-state index contributed by atoms with van der Waals surface area (Å²) in [7, 11) is 0. The van der Waals surface area contributed by atoms with Crippen molar-refractivity contribution in [1.29, 1.82) is 0 Å². The highest BCUT2D eigenvalue weighted by Crippen LogP contribution is 2.31. The van der Waals surface area contributed by atoms with Gasteiger partial charge in [-0.1, -0.05) is 15.9 Å². The van der Waals surface area contributed by atoms with E-state index in [2.05, 4.69) is 38.5 Å². The highest BCUT2D eigenvalue weighted by atomic mass is 127. The van der Waals surface area contributed by atoms with Gasteiger partial charge in [0.15, 0.2) is 0 Å². The van der Waals surface area contributed by atoms with Crippen molar-refractivity contribution in [2.75, 3.05) is 17.3 Å². The highest BCUT2D eigenvalue weighted by molar-refractivity contribution is 14.1. The summed E-state index contributed by atoms with van der Waals surface area (Å²) in [6.07, 6.45) is 0.562. The van der Waals surface area contributed by atoms with Gasteiger partial charge in [-0.3, -0.25) is 4.79 Å². The van der Waals surface area contributed by atoms with Crippen LogP contribution in [0.5, 0.6) is 0 Å². The number of hydrogen-bond acceptors (Lipinski definition) is 1. The quantitative estimate of drug-likeness (QED) is 0.535. The Kier molecular flexibility index (Phi) is 4.13. The normalized spacial score (nSPS) is 20.6. The number of rotatable bonds is 2. The van der Waals surface area contributed by atoms with Gasteiger partial charge in [0, 0.05) is 26.9 Å². The lowest BCUT2D eigenvalue weighted by Crippen LogP contribution is -2.25. The molecular formula is C11H10BrClINO. The van der Waals surface area contributed by atoms with E-state index in [1.807, 2.05) is 23.1 Å². The van der Waals surface area contributed by atoms with Crippen LogP contribution in [-0.2, 0) is 4.79 Å². The van der Waals surface area contributed by atoms with Crippen molar-refractivity contribution in [3.05, 3.63) is 26.2 Å². The van der Waals surface area contributed by atoms with Gasteiger partial charge in [-0.2, -0.15) is 0 Å². The van der Waals surface area contributed by atoms with Crippen LogP contribution in [0.3, 0.4) is 0 Å². The molecule has 0 N–H and O–H groups in total. The average molecular weight is 414 g/mol. The highest BCUT2D eigenvalue weighted by Gasteiger charge is 2.30. The maximum Gasteiger partial charge on any atom is 0.227 e. The van der Waals surface area contributed by atoms with Gasteiger partial charge in [-0.25, -0.2) is 0 Å². The number of nitrogens with zero attached hydrogens (tertiary/aromatic N) is 1. The van der Waals surface area contributed by atoms with Gasteiger partial charge < -0.3 is 4.90 Å². The molecule has 1 aliphatic rings. The Balaban J connectivity index is 2.30. The number of benzene rings is 1. The number of halogens is 3. The van der Waals surface area contributed by atoms with Crippen LogP contribution in [-0.4, -0.2) is 18.3 Å². The zero-order chi connectivity index (χ0) is 11.7. The molecule has 1 aromatic rings. The molecule has 2 rings (SSSR count). The predicted octanol–water partition coefficient (Wildman–Crippen LogP) is 3.65. The number of carbonyl (C=O) groups excluding carboxylic acids is 1. The largest absolute Gasteiger partial charge is 0.311 e. The molecule has 0 spiro atoms. The summed E-state index contributed by atoms with van der Waals surface area (Å²) in [4.78, 5) is 13.7. The number of hydrogen-bond donors (Lipinski definition) is 0. The SMILES string of the molecule is O=C1CC(CCl)CN1c1cc(Br)ccc1I. The third kappa shape index (κ3) is 2.54. The molecule has 86 valence electrons. The van der Waals surface area contributed by atoms with Crippen molar-refractivity contribution in [3.63, 3.8) is 0 Å². The Morgan fingerprint density at radius 1 is 1.56 bits per heavy atom. The summed E-state index contributed by atoms with van der Waals surface area (Å²) in [5.41, 5.74) is 0.979. The van der Waals surface area contributed by atoms with Crippen molar-refractivity contribution in [2.24, 2.45) is 5.92 Å². The van der Waals surface area contributed by atoms with E-state index in [1.54, 1.807) is 0 Å². The van der Waals surface area contributed by atoms with Crippen LogP contribution in [0.15, 0.2) is 22.7 Å². The van der Waals surface area contributed by atoms with Crippen LogP contribution >= 0.6 is 50.1 Å². The predicted molar refractivity (Wildman–Crippen MR) is 78.0 cm³/mol. The average Bonchev–Trinajstić information content (AvgIpc) is 2.63. The van der Waals surface area contributed by atoms with Gasteiger partial charge in [-0.15, -0.1) is 11.6 Å². The zero-order valence-corrected chi connectivity index (χ0v) is 12.9. The minimum absolute atomic E-state index is 0.168. The van der Waals surface area contributed by atoms with Crippen LogP contribution in [0, 0.1) is 9.49 Å². The van der Waals surface area contributed by atoms with E-state index in [-0.39, 0.29) is 11.8 Å². The van der Waals surface area contributed by atoms with E-state index < -0.39 is 0 Å². The molecule has 1 amide bonds. The van der Waals surface area contributed by atoms with Gasteiger partial charge in [-0.05, 0) is 46.7 Å². The van der Waals surface area contributed by atoms with E-state index in [1.165, 1.54) is 0 Å². The first-order valence-electron chi connectivity index (χ1n) is 4.93.